The van der Waals surface area contributed by atoms with Crippen LogP contribution in [0.25, 0.3) is 0 Å². The van der Waals surface area contributed by atoms with Crippen LogP contribution in [0.5, 0.6) is 0 Å². The Balaban J connectivity index is -0.0000000246. The molecule has 246 valence electrons. The number of hydrogen-bond acceptors (Lipinski definition) is 6. The molecule has 0 amide bonds. The molecule has 1 atom stereocenters. The van der Waals surface area contributed by atoms with Crippen LogP contribution in [0.4, 0.5) is 0 Å². The van der Waals surface area contributed by atoms with Gasteiger partial charge in [0.1, 0.15) is 0 Å². The minimum absolute atomic E-state index is 0.0926. The van der Waals surface area contributed by atoms with Crippen LogP contribution in [0.2, 0.25) is 0 Å². The SMILES string of the molecule is C=C.C=C.C=C.C=C.C=C.C=C.C=C.C=C.C=C.CCCCC(CC)COS(=O)(=O)O.CCOCC.OCCO. The van der Waals surface area contributed by atoms with Gasteiger partial charge in [0.05, 0.1) is 19.8 Å². The first kappa shape index (κ1) is 76.8. The second-order valence-corrected chi connectivity index (χ2v) is 5.45. The average molecular weight is 599 g/mol. The van der Waals surface area contributed by atoms with Crippen molar-refractivity contribution in [3.63, 3.8) is 0 Å². The van der Waals surface area contributed by atoms with Gasteiger partial charge in [-0.3, -0.25) is 4.55 Å². The lowest BCUT2D eigenvalue weighted by molar-refractivity contribution is 0.162. The zero-order valence-corrected chi connectivity index (χ0v) is 27.9. The first-order chi connectivity index (χ1) is 19.3. The normalized spacial score (nSPS) is 7.38. The highest BCUT2D eigenvalue weighted by atomic mass is 32.3. The highest BCUT2D eigenvalue weighted by molar-refractivity contribution is 7.80. The van der Waals surface area contributed by atoms with E-state index in [-0.39, 0.29) is 25.7 Å². The highest BCUT2D eigenvalue weighted by Gasteiger charge is 2.11. The van der Waals surface area contributed by atoms with Crippen molar-refractivity contribution in [2.45, 2.75) is 53.4 Å². The number of hydrogen-bond donors (Lipinski definition) is 3. The third-order valence-corrected chi connectivity index (χ3v) is 2.94. The van der Waals surface area contributed by atoms with Crippen LogP contribution >= 0.6 is 0 Å². The first-order valence-corrected chi connectivity index (χ1v) is 13.6. The minimum atomic E-state index is -4.25. The quantitative estimate of drug-likeness (QED) is 0.170. The van der Waals surface area contributed by atoms with Crippen LogP contribution < -0.4 is 0 Å². The molecule has 0 fully saturated rings. The smallest absolute Gasteiger partial charge is 0.394 e. The summed E-state index contributed by atoms with van der Waals surface area (Å²) < 4.78 is 38.0. The molecule has 40 heavy (non-hydrogen) atoms. The topological polar surface area (TPSA) is 113 Å². The molecule has 0 aromatic rings. The van der Waals surface area contributed by atoms with Crippen molar-refractivity contribution in [3.05, 3.63) is 118 Å². The fourth-order valence-corrected chi connectivity index (χ4v) is 1.65. The Hall–Kier alpha value is -2.59. The molecule has 0 aromatic heterocycles. The zero-order chi connectivity index (χ0) is 35.9. The maximum absolute atomic E-state index is 10.3. The molecule has 0 bridgehead atoms. The van der Waals surface area contributed by atoms with Gasteiger partial charge in [0.25, 0.3) is 0 Å². The van der Waals surface area contributed by atoms with E-state index >= 15 is 0 Å². The van der Waals surface area contributed by atoms with Gasteiger partial charge in [0.15, 0.2) is 0 Å². The molecular formula is C32H70O7S. The molecule has 0 saturated carbocycles. The number of rotatable bonds is 10. The largest absolute Gasteiger partial charge is 0.397 e. The number of aliphatic hydroxyl groups is 2. The van der Waals surface area contributed by atoms with Crippen LogP contribution in [0, 0.1) is 5.92 Å². The number of ether oxygens (including phenoxy) is 1. The molecule has 0 aliphatic carbocycles. The Morgan fingerprint density at radius 2 is 0.875 bits per heavy atom. The Morgan fingerprint density at radius 1 is 0.600 bits per heavy atom. The fourth-order valence-electron chi connectivity index (χ4n) is 1.28. The van der Waals surface area contributed by atoms with E-state index in [1.165, 1.54) is 0 Å². The summed E-state index contributed by atoms with van der Waals surface area (Å²) in [5.74, 6) is 0.224. The Morgan fingerprint density at radius 3 is 1.00 bits per heavy atom. The Kier molecular flexibility index (Phi) is 289. The molecule has 0 aliphatic heterocycles. The summed E-state index contributed by atoms with van der Waals surface area (Å²) in [5, 5.41) is 15.2. The second-order valence-electron chi connectivity index (χ2n) is 4.36. The van der Waals surface area contributed by atoms with Crippen LogP contribution in [-0.4, -0.2) is 56.2 Å². The summed E-state index contributed by atoms with van der Waals surface area (Å²) in [6.07, 6.45) is 3.97. The summed E-state index contributed by atoms with van der Waals surface area (Å²) in [6.45, 7) is 63.6. The van der Waals surface area contributed by atoms with E-state index in [1.807, 2.05) is 20.8 Å². The number of unbranched alkanes of at least 4 members (excludes halogenated alkanes) is 1. The molecule has 8 heteroatoms. The highest BCUT2D eigenvalue weighted by Crippen LogP contribution is 2.13. The van der Waals surface area contributed by atoms with Gasteiger partial charge in [-0.2, -0.15) is 8.42 Å². The minimum Gasteiger partial charge on any atom is -0.394 e. The molecule has 0 saturated heterocycles. The molecule has 0 spiro atoms. The van der Waals surface area contributed by atoms with Crippen molar-refractivity contribution >= 4 is 10.4 Å². The molecule has 7 nitrogen and oxygen atoms in total. The van der Waals surface area contributed by atoms with Gasteiger partial charge in [-0.15, -0.1) is 118 Å². The van der Waals surface area contributed by atoms with Crippen molar-refractivity contribution in [2.24, 2.45) is 5.92 Å². The fraction of sp³-hybridized carbons (Fsp3) is 0.438. The molecular weight excluding hydrogens is 528 g/mol. The van der Waals surface area contributed by atoms with Gasteiger partial charge in [-0.05, 0) is 26.2 Å². The van der Waals surface area contributed by atoms with Gasteiger partial charge < -0.3 is 14.9 Å². The molecule has 1 unspecified atom stereocenters. The van der Waals surface area contributed by atoms with E-state index in [2.05, 4.69) is 130 Å². The van der Waals surface area contributed by atoms with Crippen molar-refractivity contribution in [1.82, 2.24) is 0 Å². The van der Waals surface area contributed by atoms with E-state index in [4.69, 9.17) is 19.5 Å². The summed E-state index contributed by atoms with van der Waals surface area (Å²) >= 11 is 0. The predicted octanol–water partition coefficient (Wildman–Crippen LogP) is 9.26. The van der Waals surface area contributed by atoms with Gasteiger partial charge in [0, 0.05) is 13.2 Å². The third kappa shape index (κ3) is 272. The van der Waals surface area contributed by atoms with E-state index in [9.17, 15) is 8.42 Å². The summed E-state index contributed by atoms with van der Waals surface area (Å²) in [6, 6.07) is 0. The first-order valence-electron chi connectivity index (χ1n) is 12.2. The van der Waals surface area contributed by atoms with Crippen molar-refractivity contribution in [3.8, 4) is 0 Å². The van der Waals surface area contributed by atoms with Gasteiger partial charge in [-0.25, -0.2) is 4.18 Å². The maximum atomic E-state index is 10.3. The summed E-state index contributed by atoms with van der Waals surface area (Å²) in [4.78, 5) is 0. The molecule has 0 radical (unpaired) electrons. The summed E-state index contributed by atoms with van der Waals surface area (Å²) in [5.41, 5.74) is 0. The van der Waals surface area contributed by atoms with Crippen molar-refractivity contribution < 1.29 is 32.1 Å². The van der Waals surface area contributed by atoms with Crippen LogP contribution in [0.15, 0.2) is 118 Å². The van der Waals surface area contributed by atoms with Gasteiger partial charge in [-0.1, -0.05) is 33.1 Å². The predicted molar refractivity (Wildman–Crippen MR) is 188 cm³/mol. The third-order valence-electron chi connectivity index (χ3n) is 2.50. The summed E-state index contributed by atoms with van der Waals surface area (Å²) in [7, 11) is -4.25. The van der Waals surface area contributed by atoms with E-state index in [1.54, 1.807) is 0 Å². The lowest BCUT2D eigenvalue weighted by atomic mass is 10.0. The Labute approximate surface area is 253 Å². The monoisotopic (exact) mass is 598 g/mol. The maximum Gasteiger partial charge on any atom is 0.397 e. The van der Waals surface area contributed by atoms with E-state index < -0.39 is 10.4 Å². The molecule has 0 aliphatic rings. The lowest BCUT2D eigenvalue weighted by Gasteiger charge is -2.12. The van der Waals surface area contributed by atoms with Crippen LogP contribution in [0.3, 0.4) is 0 Å². The van der Waals surface area contributed by atoms with Crippen LogP contribution in [0.1, 0.15) is 53.4 Å². The van der Waals surface area contributed by atoms with Gasteiger partial charge >= 0.3 is 10.4 Å². The second kappa shape index (κ2) is 151. The molecule has 0 heterocycles. The lowest BCUT2D eigenvalue weighted by Crippen LogP contribution is -2.13. The standard InChI is InChI=1S/C8H18O4S.C4H10O.C2H6O2.9C2H4/c1-3-5-6-8(4-2)7-12-13(9,10)11;1-3-5-4-2;3-1-2-4;9*1-2/h8H,3-7H2,1-2H3,(H,9,10,11);3-4H2,1-2H3;3-4H,1-2H2;9*1-2H2. The average Bonchev–Trinajstić information content (AvgIpc) is 3.06. The van der Waals surface area contributed by atoms with Crippen LogP contribution in [-0.2, 0) is 19.3 Å². The van der Waals surface area contributed by atoms with E-state index in [0.29, 0.717) is 0 Å². The van der Waals surface area contributed by atoms with Crippen molar-refractivity contribution in [2.75, 3.05) is 33.0 Å². The molecule has 3 N–H and O–H groups in total. The molecule has 0 rings (SSSR count). The van der Waals surface area contributed by atoms with E-state index in [0.717, 1.165) is 38.9 Å². The molecule has 0 aromatic carbocycles. The Bertz CT molecular complexity index is 374. The van der Waals surface area contributed by atoms with Crippen molar-refractivity contribution in [1.29, 1.82) is 0 Å². The van der Waals surface area contributed by atoms with Gasteiger partial charge in [0.2, 0.25) is 0 Å². The number of aliphatic hydroxyl groups excluding tert-OH is 2. The zero-order valence-electron chi connectivity index (χ0n) is 27.1.